The van der Waals surface area contributed by atoms with Gasteiger partial charge in [0.25, 0.3) is 0 Å². The summed E-state index contributed by atoms with van der Waals surface area (Å²) in [5.41, 5.74) is 0. The highest BCUT2D eigenvalue weighted by molar-refractivity contribution is 5.77. The Labute approximate surface area is 98.9 Å². The molecular formula is C13H24N2O. The molecule has 0 saturated carbocycles. The van der Waals surface area contributed by atoms with E-state index in [-0.39, 0.29) is 11.9 Å². The first-order valence-corrected chi connectivity index (χ1v) is 6.29. The van der Waals surface area contributed by atoms with Gasteiger partial charge in [0, 0.05) is 25.0 Å². The molecule has 3 nitrogen and oxygen atoms in total. The van der Waals surface area contributed by atoms with Crippen LogP contribution in [0.5, 0.6) is 0 Å². The van der Waals surface area contributed by atoms with E-state index in [2.05, 4.69) is 25.7 Å². The van der Waals surface area contributed by atoms with Crippen molar-refractivity contribution in [1.29, 1.82) is 0 Å². The number of carbonyl (C=O) groups is 1. The van der Waals surface area contributed by atoms with Crippen LogP contribution in [0.15, 0.2) is 12.7 Å². The molecular weight excluding hydrogens is 200 g/mol. The minimum Gasteiger partial charge on any atom is -0.338 e. The fraction of sp³-hybridized carbons (Fsp3) is 0.769. The molecule has 0 aromatic heterocycles. The summed E-state index contributed by atoms with van der Waals surface area (Å²) in [6.45, 7) is 9.70. The standard InChI is InChI=1S/C13H24N2O/c1-4-7-13(16)15(11(2)3)10-12-8-5-6-9-14-12/h4,11-12,14H,1,5-10H2,2-3H3. The number of rotatable bonds is 5. The molecule has 0 aliphatic carbocycles. The maximum Gasteiger partial charge on any atom is 0.226 e. The number of piperidine rings is 1. The normalized spacial score (nSPS) is 20.8. The van der Waals surface area contributed by atoms with Crippen molar-refractivity contribution in [1.82, 2.24) is 10.2 Å². The Morgan fingerprint density at radius 2 is 2.31 bits per heavy atom. The van der Waals surface area contributed by atoms with E-state index in [1.54, 1.807) is 6.08 Å². The van der Waals surface area contributed by atoms with Crippen LogP contribution >= 0.6 is 0 Å². The van der Waals surface area contributed by atoms with E-state index < -0.39 is 0 Å². The number of amides is 1. The summed E-state index contributed by atoms with van der Waals surface area (Å²) in [6, 6.07) is 0.751. The molecule has 92 valence electrons. The average Bonchev–Trinajstić information content (AvgIpc) is 2.27. The lowest BCUT2D eigenvalue weighted by molar-refractivity contribution is -0.132. The SMILES string of the molecule is C=CCC(=O)N(CC1CCCCN1)C(C)C. The molecule has 0 spiro atoms. The molecule has 1 fully saturated rings. The maximum atomic E-state index is 11.9. The number of carbonyl (C=O) groups excluding carboxylic acids is 1. The molecule has 1 heterocycles. The van der Waals surface area contributed by atoms with Gasteiger partial charge in [0.2, 0.25) is 5.91 Å². The van der Waals surface area contributed by atoms with Crippen molar-refractivity contribution >= 4 is 5.91 Å². The molecule has 0 aromatic rings. The fourth-order valence-corrected chi connectivity index (χ4v) is 2.16. The van der Waals surface area contributed by atoms with Crippen LogP contribution < -0.4 is 5.32 Å². The zero-order valence-electron chi connectivity index (χ0n) is 10.5. The summed E-state index contributed by atoms with van der Waals surface area (Å²) in [7, 11) is 0. The molecule has 0 aromatic carbocycles. The fourth-order valence-electron chi connectivity index (χ4n) is 2.16. The maximum absolute atomic E-state index is 11.9. The minimum absolute atomic E-state index is 0.192. The molecule has 1 saturated heterocycles. The van der Waals surface area contributed by atoms with Crippen LogP contribution in [0.25, 0.3) is 0 Å². The Morgan fingerprint density at radius 3 is 2.81 bits per heavy atom. The lowest BCUT2D eigenvalue weighted by Gasteiger charge is -2.33. The van der Waals surface area contributed by atoms with Gasteiger partial charge in [-0.25, -0.2) is 0 Å². The number of hydrogen-bond acceptors (Lipinski definition) is 2. The largest absolute Gasteiger partial charge is 0.338 e. The zero-order valence-corrected chi connectivity index (χ0v) is 10.5. The molecule has 3 heteroatoms. The third-order valence-corrected chi connectivity index (χ3v) is 3.09. The average molecular weight is 224 g/mol. The Balaban J connectivity index is 2.49. The first-order chi connectivity index (χ1) is 7.65. The second kappa shape index (κ2) is 6.69. The number of nitrogens with one attached hydrogen (secondary N) is 1. The van der Waals surface area contributed by atoms with Crippen molar-refractivity contribution in [2.75, 3.05) is 13.1 Å². The smallest absolute Gasteiger partial charge is 0.226 e. The molecule has 1 atom stereocenters. The van der Waals surface area contributed by atoms with Gasteiger partial charge >= 0.3 is 0 Å². The van der Waals surface area contributed by atoms with Crippen LogP contribution in [0.4, 0.5) is 0 Å². The van der Waals surface area contributed by atoms with E-state index in [4.69, 9.17) is 0 Å². The molecule has 16 heavy (non-hydrogen) atoms. The second-order valence-corrected chi connectivity index (χ2v) is 4.78. The molecule has 1 rings (SSSR count). The summed E-state index contributed by atoms with van der Waals surface area (Å²) in [5, 5.41) is 3.48. The van der Waals surface area contributed by atoms with Crippen LogP contribution in [-0.4, -0.2) is 36.0 Å². The Morgan fingerprint density at radius 1 is 1.56 bits per heavy atom. The van der Waals surface area contributed by atoms with Crippen molar-refractivity contribution in [3.63, 3.8) is 0 Å². The highest BCUT2D eigenvalue weighted by Gasteiger charge is 2.21. The molecule has 1 amide bonds. The van der Waals surface area contributed by atoms with Crippen molar-refractivity contribution in [3.8, 4) is 0 Å². The Bertz CT molecular complexity index is 232. The van der Waals surface area contributed by atoms with Gasteiger partial charge < -0.3 is 10.2 Å². The van der Waals surface area contributed by atoms with E-state index in [1.807, 2.05) is 4.90 Å². The van der Waals surface area contributed by atoms with Gasteiger partial charge in [0.05, 0.1) is 0 Å². The van der Waals surface area contributed by atoms with Gasteiger partial charge in [-0.1, -0.05) is 12.5 Å². The molecule has 1 aliphatic heterocycles. The van der Waals surface area contributed by atoms with Crippen LogP contribution in [-0.2, 0) is 4.79 Å². The van der Waals surface area contributed by atoms with E-state index >= 15 is 0 Å². The van der Waals surface area contributed by atoms with Gasteiger partial charge in [0.1, 0.15) is 0 Å². The predicted octanol–water partition coefficient (Wildman–Crippen LogP) is 1.94. The lowest BCUT2D eigenvalue weighted by atomic mass is 10.0. The topological polar surface area (TPSA) is 32.3 Å². The zero-order chi connectivity index (χ0) is 12.0. The van der Waals surface area contributed by atoms with Crippen molar-refractivity contribution in [2.24, 2.45) is 0 Å². The minimum atomic E-state index is 0.192. The summed E-state index contributed by atoms with van der Waals surface area (Å²) < 4.78 is 0. The number of hydrogen-bond donors (Lipinski definition) is 1. The summed E-state index contributed by atoms with van der Waals surface area (Å²) in [5.74, 6) is 0.192. The Hall–Kier alpha value is -0.830. The highest BCUT2D eigenvalue weighted by Crippen LogP contribution is 2.11. The monoisotopic (exact) mass is 224 g/mol. The van der Waals surface area contributed by atoms with Gasteiger partial charge in [-0.3, -0.25) is 4.79 Å². The Kier molecular flexibility index (Phi) is 5.53. The van der Waals surface area contributed by atoms with E-state index in [1.165, 1.54) is 19.3 Å². The molecule has 1 aliphatic rings. The van der Waals surface area contributed by atoms with Gasteiger partial charge in [-0.15, -0.1) is 6.58 Å². The molecule has 0 bridgehead atoms. The van der Waals surface area contributed by atoms with Crippen LogP contribution in [0.1, 0.15) is 39.5 Å². The van der Waals surface area contributed by atoms with E-state index in [9.17, 15) is 4.79 Å². The van der Waals surface area contributed by atoms with Crippen LogP contribution in [0.3, 0.4) is 0 Å². The summed E-state index contributed by atoms with van der Waals surface area (Å²) in [6.07, 6.45) is 5.86. The van der Waals surface area contributed by atoms with Crippen molar-refractivity contribution < 1.29 is 4.79 Å². The lowest BCUT2D eigenvalue weighted by Crippen LogP contribution is -2.48. The third kappa shape index (κ3) is 3.97. The number of nitrogens with zero attached hydrogens (tertiary/aromatic N) is 1. The first-order valence-electron chi connectivity index (χ1n) is 6.29. The van der Waals surface area contributed by atoms with Crippen LogP contribution in [0, 0.1) is 0 Å². The third-order valence-electron chi connectivity index (χ3n) is 3.09. The predicted molar refractivity (Wildman–Crippen MR) is 67.3 cm³/mol. The highest BCUT2D eigenvalue weighted by atomic mass is 16.2. The van der Waals surface area contributed by atoms with E-state index in [0.717, 1.165) is 13.1 Å². The first kappa shape index (κ1) is 13.2. The van der Waals surface area contributed by atoms with Crippen LogP contribution in [0.2, 0.25) is 0 Å². The molecule has 0 radical (unpaired) electrons. The second-order valence-electron chi connectivity index (χ2n) is 4.78. The van der Waals surface area contributed by atoms with Gasteiger partial charge in [-0.2, -0.15) is 0 Å². The molecule has 1 unspecified atom stereocenters. The van der Waals surface area contributed by atoms with Gasteiger partial charge in [-0.05, 0) is 33.2 Å². The van der Waals surface area contributed by atoms with E-state index in [0.29, 0.717) is 12.5 Å². The van der Waals surface area contributed by atoms with Crippen molar-refractivity contribution in [3.05, 3.63) is 12.7 Å². The quantitative estimate of drug-likeness (QED) is 0.724. The van der Waals surface area contributed by atoms with Crippen molar-refractivity contribution in [2.45, 2.75) is 51.6 Å². The summed E-state index contributed by atoms with van der Waals surface area (Å²) in [4.78, 5) is 13.8. The summed E-state index contributed by atoms with van der Waals surface area (Å²) >= 11 is 0. The van der Waals surface area contributed by atoms with Gasteiger partial charge in [0.15, 0.2) is 0 Å². The molecule has 1 N–H and O–H groups in total.